The summed E-state index contributed by atoms with van der Waals surface area (Å²) in [6.45, 7) is 1.82. The molecule has 3 N–H and O–H groups in total. The van der Waals surface area contributed by atoms with Crippen LogP contribution >= 0.6 is 0 Å². The smallest absolute Gasteiger partial charge is 0.274 e. The summed E-state index contributed by atoms with van der Waals surface area (Å²) < 4.78 is 14.7. The summed E-state index contributed by atoms with van der Waals surface area (Å²) in [5, 5.41) is 17.5. The number of nitrogens with zero attached hydrogens (tertiary/aromatic N) is 3. The van der Waals surface area contributed by atoms with E-state index in [9.17, 15) is 19.1 Å². The van der Waals surface area contributed by atoms with Gasteiger partial charge in [-0.25, -0.2) is 8.91 Å². The minimum absolute atomic E-state index is 0.0465. The number of aliphatic hydroxyl groups is 1. The van der Waals surface area contributed by atoms with Gasteiger partial charge >= 0.3 is 0 Å². The van der Waals surface area contributed by atoms with E-state index in [1.807, 2.05) is 31.2 Å². The van der Waals surface area contributed by atoms with Crippen molar-refractivity contribution >= 4 is 22.3 Å². The third-order valence-electron chi connectivity index (χ3n) is 5.95. The standard InChI is InChI=1S/C26H22FN5O3/c1-15-3-2-4-21-19(15)11-17(13-28-21)23-14-32-24(26(35)30-23)12-22(31-32)25(34)29-20(9-10-33)16-5-7-18(27)8-6-16/h2-8,11-14,20,33H,9-10H2,1H3,(H,29,34)(H,30,35). The van der Waals surface area contributed by atoms with E-state index >= 15 is 0 Å². The van der Waals surface area contributed by atoms with Gasteiger partial charge in [0.2, 0.25) is 0 Å². The predicted octanol–water partition coefficient (Wildman–Crippen LogP) is 3.54. The molecule has 5 rings (SSSR count). The van der Waals surface area contributed by atoms with Crippen molar-refractivity contribution in [2.75, 3.05) is 6.61 Å². The molecule has 5 aromatic rings. The van der Waals surface area contributed by atoms with Gasteiger partial charge in [-0.2, -0.15) is 5.10 Å². The molecule has 0 aliphatic carbocycles. The summed E-state index contributed by atoms with van der Waals surface area (Å²) >= 11 is 0. The summed E-state index contributed by atoms with van der Waals surface area (Å²) in [5.41, 5.74) is 3.66. The van der Waals surface area contributed by atoms with Crippen molar-refractivity contribution < 1.29 is 14.3 Å². The molecular formula is C26H22FN5O3. The van der Waals surface area contributed by atoms with Crippen LogP contribution in [0.5, 0.6) is 0 Å². The zero-order valence-electron chi connectivity index (χ0n) is 18.8. The van der Waals surface area contributed by atoms with E-state index in [0.29, 0.717) is 16.8 Å². The first-order valence-corrected chi connectivity index (χ1v) is 11.1. The number of rotatable bonds is 6. The Hall–Kier alpha value is -4.37. The number of hydrogen-bond acceptors (Lipinski definition) is 5. The highest BCUT2D eigenvalue weighted by molar-refractivity contribution is 5.94. The van der Waals surface area contributed by atoms with E-state index in [4.69, 9.17) is 0 Å². The van der Waals surface area contributed by atoms with Crippen molar-refractivity contribution in [3.63, 3.8) is 0 Å². The largest absolute Gasteiger partial charge is 0.396 e. The molecule has 3 aromatic heterocycles. The highest BCUT2D eigenvalue weighted by atomic mass is 19.1. The van der Waals surface area contributed by atoms with Crippen molar-refractivity contribution in [1.82, 2.24) is 24.9 Å². The molecule has 9 heteroatoms. The minimum Gasteiger partial charge on any atom is -0.396 e. The number of amides is 1. The molecule has 0 aliphatic rings. The number of aromatic nitrogens is 4. The molecule has 3 heterocycles. The summed E-state index contributed by atoms with van der Waals surface area (Å²) in [4.78, 5) is 33.0. The Kier molecular flexibility index (Phi) is 5.84. The lowest BCUT2D eigenvalue weighted by atomic mass is 10.0. The van der Waals surface area contributed by atoms with Gasteiger partial charge in [-0.15, -0.1) is 0 Å². The number of carbonyl (C=O) groups is 1. The molecule has 0 saturated carbocycles. The first-order valence-electron chi connectivity index (χ1n) is 11.1. The second-order valence-electron chi connectivity index (χ2n) is 8.31. The lowest BCUT2D eigenvalue weighted by molar-refractivity contribution is 0.0924. The van der Waals surface area contributed by atoms with Gasteiger partial charge in [0.15, 0.2) is 5.69 Å². The lowest BCUT2D eigenvalue weighted by Crippen LogP contribution is -2.29. The Balaban J connectivity index is 1.47. The molecule has 0 saturated heterocycles. The number of aryl methyl sites for hydroxylation is 1. The number of H-pyrrole nitrogens is 1. The average molecular weight is 471 g/mol. The Bertz CT molecular complexity index is 1610. The van der Waals surface area contributed by atoms with Gasteiger partial charge in [-0.1, -0.05) is 24.3 Å². The maximum absolute atomic E-state index is 13.3. The van der Waals surface area contributed by atoms with Crippen LogP contribution in [0.1, 0.15) is 34.1 Å². The van der Waals surface area contributed by atoms with Gasteiger partial charge in [0.05, 0.1) is 23.4 Å². The van der Waals surface area contributed by atoms with Gasteiger partial charge < -0.3 is 15.4 Å². The van der Waals surface area contributed by atoms with Gasteiger partial charge in [-0.05, 0) is 48.7 Å². The molecule has 1 amide bonds. The molecule has 0 spiro atoms. The third-order valence-corrected chi connectivity index (χ3v) is 5.95. The second kappa shape index (κ2) is 9.11. The van der Waals surface area contributed by atoms with E-state index in [0.717, 1.165) is 16.5 Å². The fraction of sp³-hybridized carbons (Fsp3) is 0.154. The van der Waals surface area contributed by atoms with Crippen LogP contribution in [0.15, 0.2) is 71.8 Å². The molecule has 2 aromatic carbocycles. The number of pyridine rings is 1. The minimum atomic E-state index is -0.543. The number of hydrogen-bond donors (Lipinski definition) is 3. The number of carbonyl (C=O) groups excluding carboxylic acids is 1. The SMILES string of the molecule is Cc1cccc2ncc(-c3cn4nc(C(=O)NC(CCO)c5ccc(F)cc5)cc4c(=O)[nH]3)cc12. The Morgan fingerprint density at radius 1 is 1.20 bits per heavy atom. The summed E-state index contributed by atoms with van der Waals surface area (Å²) in [6.07, 6.45) is 3.56. The molecule has 176 valence electrons. The van der Waals surface area contributed by atoms with E-state index in [-0.39, 0.29) is 24.2 Å². The van der Waals surface area contributed by atoms with Gasteiger partial charge in [-0.3, -0.25) is 14.6 Å². The van der Waals surface area contributed by atoms with Crippen molar-refractivity contribution in [1.29, 1.82) is 0 Å². The quantitative estimate of drug-likeness (QED) is 0.351. The molecule has 35 heavy (non-hydrogen) atoms. The highest BCUT2D eigenvalue weighted by Gasteiger charge is 2.19. The molecule has 1 atom stereocenters. The maximum Gasteiger partial charge on any atom is 0.274 e. The number of aliphatic hydroxyl groups excluding tert-OH is 1. The van der Waals surface area contributed by atoms with E-state index < -0.39 is 23.3 Å². The van der Waals surface area contributed by atoms with Gasteiger partial charge in [0.25, 0.3) is 11.5 Å². The van der Waals surface area contributed by atoms with Crippen molar-refractivity contribution in [3.05, 3.63) is 100.0 Å². The number of fused-ring (bicyclic) bond motifs is 2. The summed E-state index contributed by atoms with van der Waals surface area (Å²) in [7, 11) is 0. The van der Waals surface area contributed by atoms with Crippen molar-refractivity contribution in [2.45, 2.75) is 19.4 Å². The van der Waals surface area contributed by atoms with Crippen LogP contribution in [-0.4, -0.2) is 37.2 Å². The van der Waals surface area contributed by atoms with Crippen LogP contribution < -0.4 is 10.9 Å². The maximum atomic E-state index is 13.3. The number of nitrogens with one attached hydrogen (secondary N) is 2. The van der Waals surface area contributed by atoms with Crippen LogP contribution in [0.4, 0.5) is 4.39 Å². The lowest BCUT2D eigenvalue weighted by Gasteiger charge is -2.17. The molecule has 8 nitrogen and oxygen atoms in total. The second-order valence-corrected chi connectivity index (χ2v) is 8.31. The highest BCUT2D eigenvalue weighted by Crippen LogP contribution is 2.23. The average Bonchev–Trinajstić information content (AvgIpc) is 3.30. The summed E-state index contributed by atoms with van der Waals surface area (Å²) in [6, 6.07) is 14.4. The van der Waals surface area contributed by atoms with Crippen molar-refractivity contribution in [3.8, 4) is 11.3 Å². The van der Waals surface area contributed by atoms with E-state index in [2.05, 4.69) is 20.4 Å². The Morgan fingerprint density at radius 3 is 2.77 bits per heavy atom. The molecule has 0 bridgehead atoms. The Labute approximate surface area is 199 Å². The molecule has 0 aliphatic heterocycles. The molecular weight excluding hydrogens is 449 g/mol. The fourth-order valence-electron chi connectivity index (χ4n) is 4.08. The summed E-state index contributed by atoms with van der Waals surface area (Å²) in [5.74, 6) is -0.907. The van der Waals surface area contributed by atoms with E-state index in [1.165, 1.54) is 22.7 Å². The number of benzene rings is 2. The molecule has 0 radical (unpaired) electrons. The zero-order valence-corrected chi connectivity index (χ0v) is 18.8. The zero-order chi connectivity index (χ0) is 24.5. The molecule has 1 unspecified atom stereocenters. The monoisotopic (exact) mass is 471 g/mol. The van der Waals surface area contributed by atoms with Crippen LogP contribution in [-0.2, 0) is 0 Å². The fourth-order valence-corrected chi connectivity index (χ4v) is 4.08. The van der Waals surface area contributed by atoms with Crippen LogP contribution in [0.2, 0.25) is 0 Å². The number of aromatic amines is 1. The molecule has 0 fully saturated rings. The number of halogens is 1. The first kappa shape index (κ1) is 22.4. The topological polar surface area (TPSA) is 112 Å². The van der Waals surface area contributed by atoms with Gasteiger partial charge in [0.1, 0.15) is 11.3 Å². The third kappa shape index (κ3) is 4.41. The van der Waals surface area contributed by atoms with Gasteiger partial charge in [0, 0.05) is 29.8 Å². The van der Waals surface area contributed by atoms with E-state index in [1.54, 1.807) is 24.5 Å². The Morgan fingerprint density at radius 2 is 2.00 bits per heavy atom. The first-order chi connectivity index (χ1) is 16.9. The van der Waals surface area contributed by atoms with Crippen molar-refractivity contribution in [2.24, 2.45) is 0 Å². The predicted molar refractivity (Wildman–Crippen MR) is 130 cm³/mol. The normalized spacial score (nSPS) is 12.2. The van der Waals surface area contributed by atoms with Crippen LogP contribution in [0.25, 0.3) is 27.7 Å². The van der Waals surface area contributed by atoms with Crippen LogP contribution in [0.3, 0.4) is 0 Å². The van der Waals surface area contributed by atoms with Crippen LogP contribution in [0, 0.1) is 12.7 Å².